The van der Waals surface area contributed by atoms with Crippen LogP contribution in [-0.2, 0) is 4.74 Å². The predicted octanol–water partition coefficient (Wildman–Crippen LogP) is -0.133. The lowest BCUT2D eigenvalue weighted by Gasteiger charge is -2.33. The molecule has 1 fully saturated rings. The number of rotatable bonds is 2. The third-order valence-corrected chi connectivity index (χ3v) is 4.49. The molecular formula is C13H19FN5O3+. The number of aliphatic hydroxyl groups excluding tert-OH is 2. The topological polar surface area (TPSA) is 114 Å². The van der Waals surface area contributed by atoms with E-state index in [4.69, 9.17) is 10.5 Å². The average molecular weight is 312 g/mol. The number of nitrogens with two attached hydrogens (primary N) is 1. The molecule has 8 nitrogen and oxygen atoms in total. The van der Waals surface area contributed by atoms with E-state index in [1.54, 1.807) is 6.92 Å². The van der Waals surface area contributed by atoms with Crippen molar-refractivity contribution in [1.29, 1.82) is 0 Å². The molecule has 3 heterocycles. The van der Waals surface area contributed by atoms with E-state index >= 15 is 0 Å². The van der Waals surface area contributed by atoms with Crippen LogP contribution in [0, 0.1) is 0 Å². The van der Waals surface area contributed by atoms with Gasteiger partial charge in [-0.2, -0.15) is 9.98 Å². The number of hydrogen-bond donors (Lipinski definition) is 3. The largest absolute Gasteiger partial charge is 0.393 e. The minimum atomic E-state index is -1.61. The van der Waals surface area contributed by atoms with Gasteiger partial charge < -0.3 is 20.7 Å². The summed E-state index contributed by atoms with van der Waals surface area (Å²) in [6.45, 7) is 1.16. The van der Waals surface area contributed by atoms with E-state index in [9.17, 15) is 14.6 Å². The lowest BCUT2D eigenvalue weighted by atomic mass is 9.91. The first-order valence-corrected chi connectivity index (χ1v) is 7.08. The van der Waals surface area contributed by atoms with Gasteiger partial charge in [0.1, 0.15) is 24.6 Å². The Labute approximate surface area is 126 Å². The number of quaternary nitrogens is 1. The minimum absolute atomic E-state index is 0.00116. The maximum Gasteiger partial charge on any atom is 0.267 e. The van der Waals surface area contributed by atoms with Crippen LogP contribution in [0.5, 0.6) is 0 Å². The molecule has 0 saturated carbocycles. The van der Waals surface area contributed by atoms with Crippen LogP contribution in [0.2, 0.25) is 0 Å². The second kappa shape index (κ2) is 5.20. The quantitative estimate of drug-likeness (QED) is 0.655. The molecule has 120 valence electrons. The van der Waals surface area contributed by atoms with Gasteiger partial charge >= 0.3 is 0 Å². The normalized spacial score (nSPS) is 37.3. The lowest BCUT2D eigenvalue weighted by molar-refractivity contribution is -0.160. The minimum Gasteiger partial charge on any atom is -0.393 e. The third-order valence-electron chi connectivity index (χ3n) is 4.49. The highest BCUT2D eigenvalue weighted by atomic mass is 19.1. The van der Waals surface area contributed by atoms with Crippen LogP contribution in [0.25, 0.3) is 0 Å². The number of halogens is 1. The molecule has 3 rings (SSSR count). The number of aliphatic imine (C=N–C) groups is 1. The summed E-state index contributed by atoms with van der Waals surface area (Å²) in [5.74, 6) is 0.646. The monoisotopic (exact) mass is 312 g/mol. The van der Waals surface area contributed by atoms with E-state index in [0.717, 1.165) is 0 Å². The zero-order valence-corrected chi connectivity index (χ0v) is 12.2. The van der Waals surface area contributed by atoms with Crippen LogP contribution in [0.4, 0.5) is 21.7 Å². The molecule has 4 N–H and O–H groups in total. The molecule has 1 aromatic heterocycles. The maximum atomic E-state index is 14.6. The van der Waals surface area contributed by atoms with Crippen molar-refractivity contribution in [3.63, 3.8) is 0 Å². The highest BCUT2D eigenvalue weighted by Crippen LogP contribution is 2.42. The summed E-state index contributed by atoms with van der Waals surface area (Å²) in [5.41, 5.74) is 4.82. The molecule has 9 heteroatoms. The number of fused-ring (bicyclic) bond motifs is 2. The number of alkyl halides is 1. The Morgan fingerprint density at radius 2 is 2.32 bits per heavy atom. The van der Waals surface area contributed by atoms with Crippen molar-refractivity contribution >= 4 is 23.7 Å². The number of aliphatic hydroxyl groups is 2. The smallest absolute Gasteiger partial charge is 0.267 e. The molecule has 0 bridgehead atoms. The van der Waals surface area contributed by atoms with Crippen molar-refractivity contribution in [3.8, 4) is 0 Å². The Kier molecular flexibility index (Phi) is 3.60. The second-order valence-electron chi connectivity index (χ2n) is 5.70. The Morgan fingerprint density at radius 1 is 1.55 bits per heavy atom. The Hall–Kier alpha value is -1.68. The van der Waals surface area contributed by atoms with Crippen LogP contribution in [0.3, 0.4) is 0 Å². The first-order valence-electron chi connectivity index (χ1n) is 7.08. The van der Waals surface area contributed by atoms with Gasteiger partial charge in [-0.15, -0.1) is 0 Å². The van der Waals surface area contributed by atoms with Gasteiger partial charge in [0.2, 0.25) is 0 Å². The number of ether oxygens (including phenoxy) is 1. The van der Waals surface area contributed by atoms with Crippen LogP contribution in [0.15, 0.2) is 11.3 Å². The van der Waals surface area contributed by atoms with Crippen LogP contribution < -0.4 is 10.2 Å². The SMILES string of the molecule is CC[C@]1(CO)OC[N+]2(C=Nc3c(N)ncnc32)C[C@H](F)[C@@H]1O. The maximum absolute atomic E-state index is 14.6. The van der Waals surface area contributed by atoms with Crippen molar-refractivity contribution in [3.05, 3.63) is 6.33 Å². The molecule has 0 amide bonds. The van der Waals surface area contributed by atoms with Gasteiger partial charge in [-0.05, 0) is 6.42 Å². The van der Waals surface area contributed by atoms with Crippen LogP contribution in [0.1, 0.15) is 13.3 Å². The number of hydrogen-bond acceptors (Lipinski definition) is 7. The van der Waals surface area contributed by atoms with Gasteiger partial charge in [0.25, 0.3) is 5.82 Å². The van der Waals surface area contributed by atoms with Crippen LogP contribution in [-0.4, -0.2) is 64.3 Å². The van der Waals surface area contributed by atoms with E-state index in [-0.39, 0.29) is 30.0 Å². The zero-order chi connectivity index (χ0) is 16.0. The number of anilines is 1. The number of nitrogens with zero attached hydrogens (tertiary/aromatic N) is 4. The Bertz CT molecular complexity index is 609. The van der Waals surface area contributed by atoms with Gasteiger partial charge in [0.15, 0.2) is 30.7 Å². The Morgan fingerprint density at radius 3 is 3.00 bits per heavy atom. The van der Waals surface area contributed by atoms with Gasteiger partial charge in [-0.3, -0.25) is 0 Å². The molecule has 1 unspecified atom stereocenters. The summed E-state index contributed by atoms with van der Waals surface area (Å²) in [6, 6.07) is 0. The first kappa shape index (κ1) is 15.2. The molecular weight excluding hydrogens is 293 g/mol. The first-order chi connectivity index (χ1) is 10.5. The van der Waals surface area contributed by atoms with E-state index in [1.165, 1.54) is 12.7 Å². The summed E-state index contributed by atoms with van der Waals surface area (Å²) in [4.78, 5) is 12.2. The van der Waals surface area contributed by atoms with Gasteiger partial charge in [-0.1, -0.05) is 6.92 Å². The number of aromatic nitrogens is 2. The summed E-state index contributed by atoms with van der Waals surface area (Å²) in [5, 5.41) is 19.8. The highest BCUT2D eigenvalue weighted by Gasteiger charge is 2.53. The van der Waals surface area contributed by atoms with Crippen molar-refractivity contribution in [2.45, 2.75) is 31.2 Å². The van der Waals surface area contributed by atoms with E-state index in [2.05, 4.69) is 15.0 Å². The number of nitrogen functional groups attached to an aromatic ring is 1. The lowest BCUT2D eigenvalue weighted by Crippen LogP contribution is -2.52. The fourth-order valence-corrected chi connectivity index (χ4v) is 2.97. The van der Waals surface area contributed by atoms with E-state index < -0.39 is 24.5 Å². The molecule has 4 atom stereocenters. The van der Waals surface area contributed by atoms with E-state index in [1.807, 2.05) is 0 Å². The summed E-state index contributed by atoms with van der Waals surface area (Å²) < 4.78 is 20.2. The molecule has 1 aromatic rings. The van der Waals surface area contributed by atoms with Crippen molar-refractivity contribution in [2.24, 2.45) is 4.99 Å². The van der Waals surface area contributed by atoms with E-state index in [0.29, 0.717) is 11.5 Å². The fraction of sp³-hybridized carbons (Fsp3) is 0.615. The van der Waals surface area contributed by atoms with Crippen molar-refractivity contribution in [1.82, 2.24) is 14.5 Å². The van der Waals surface area contributed by atoms with Crippen molar-refractivity contribution < 1.29 is 19.3 Å². The summed E-state index contributed by atoms with van der Waals surface area (Å²) in [7, 11) is 0. The molecule has 22 heavy (non-hydrogen) atoms. The van der Waals surface area contributed by atoms with Crippen molar-refractivity contribution in [2.75, 3.05) is 25.6 Å². The predicted molar refractivity (Wildman–Crippen MR) is 78.2 cm³/mol. The van der Waals surface area contributed by atoms with Gasteiger partial charge in [-0.25, -0.2) is 13.9 Å². The van der Waals surface area contributed by atoms with Gasteiger partial charge in [0, 0.05) is 0 Å². The fourth-order valence-electron chi connectivity index (χ4n) is 2.97. The Balaban J connectivity index is 2.03. The second-order valence-corrected chi connectivity index (χ2v) is 5.70. The highest BCUT2D eigenvalue weighted by molar-refractivity contribution is 5.90. The molecule has 0 aliphatic carbocycles. The zero-order valence-electron chi connectivity index (χ0n) is 12.2. The standard InChI is InChI=1S/C13H19FN5O3/c1-2-13(4-20)10(21)8(14)3-19(7-22-13)6-18-9-11(15)16-5-17-12(9)19/h5-6,8,10,20-21H,2-4,7H2,1H3,(H2,15,16,17)/q+1/t8-,10-,13+,19?/m0/s1. The molecule has 1 spiro atoms. The molecule has 2 aliphatic heterocycles. The summed E-state index contributed by atoms with van der Waals surface area (Å²) >= 11 is 0. The average Bonchev–Trinajstić information content (AvgIpc) is 2.84. The molecule has 2 aliphatic rings. The summed E-state index contributed by atoms with van der Waals surface area (Å²) in [6.07, 6.45) is 0.0233. The molecule has 0 radical (unpaired) electrons. The third kappa shape index (κ3) is 2.01. The van der Waals surface area contributed by atoms with Gasteiger partial charge in [0.05, 0.1) is 6.61 Å². The van der Waals surface area contributed by atoms with Crippen LogP contribution >= 0.6 is 0 Å². The molecule has 0 aromatic carbocycles. The molecule has 1 saturated heterocycles.